The lowest BCUT2D eigenvalue weighted by Crippen LogP contribution is -2.41. The van der Waals surface area contributed by atoms with Crippen molar-refractivity contribution in [3.63, 3.8) is 0 Å². The Morgan fingerprint density at radius 1 is 1.36 bits per heavy atom. The fourth-order valence-electron chi connectivity index (χ4n) is 2.42. The number of hydrogen-bond donors (Lipinski definition) is 1. The molecular weight excluding hydrogens is 303 g/mol. The quantitative estimate of drug-likeness (QED) is 0.459. The number of rotatable bonds is 6. The summed E-state index contributed by atoms with van der Waals surface area (Å²) in [4.78, 5) is 14.0. The molecule has 0 spiro atoms. The molecule has 1 saturated heterocycles. The predicted molar refractivity (Wildman–Crippen MR) is 87.6 cm³/mol. The topological polar surface area (TPSA) is 55.4 Å². The summed E-state index contributed by atoms with van der Waals surface area (Å²) < 4.78 is 24.1. The van der Waals surface area contributed by atoms with E-state index in [1.165, 1.54) is 12.2 Å². The van der Waals surface area contributed by atoms with Crippen LogP contribution < -0.4 is 5.32 Å². The predicted octanol–water partition coefficient (Wildman–Crippen LogP) is 1.69. The molecule has 6 heteroatoms. The van der Waals surface area contributed by atoms with Crippen LogP contribution in [0.3, 0.4) is 0 Å². The Labute approximate surface area is 134 Å². The van der Waals surface area contributed by atoms with E-state index in [2.05, 4.69) is 10.2 Å². The standard InChI is InChI=1S/C16H23FN2O2S/c17-15-5-2-14(3-6-15)4-7-16(20)18-8-1-9-19-10-12-22(21)13-11-19/h2,4-5,7H,1,3,6,8-13H2,(H,18,20)/b7-4+. The number of amides is 1. The van der Waals surface area contributed by atoms with Crippen LogP contribution in [0.25, 0.3) is 0 Å². The van der Waals surface area contributed by atoms with Crippen molar-refractivity contribution in [2.75, 3.05) is 37.7 Å². The molecule has 122 valence electrons. The van der Waals surface area contributed by atoms with Crippen LogP contribution in [0.2, 0.25) is 0 Å². The van der Waals surface area contributed by atoms with Crippen LogP contribution >= 0.6 is 0 Å². The zero-order valence-corrected chi connectivity index (χ0v) is 13.5. The molecular formula is C16H23FN2O2S. The van der Waals surface area contributed by atoms with E-state index < -0.39 is 11.2 Å². The van der Waals surface area contributed by atoms with Crippen LogP contribution in [0.4, 0.5) is 4.39 Å². The normalized spacial score (nSPS) is 20.8. The first-order valence-electron chi connectivity index (χ1n) is 7.72. The molecule has 1 amide bonds. The number of hydrogen-bond acceptors (Lipinski definition) is 3. The van der Waals surface area contributed by atoms with Gasteiger partial charge in [0.1, 0.15) is 17.3 Å². The van der Waals surface area contributed by atoms with E-state index in [9.17, 15) is 13.7 Å². The van der Waals surface area contributed by atoms with Crippen LogP contribution in [-0.2, 0) is 16.0 Å². The Morgan fingerprint density at radius 2 is 2.14 bits per heavy atom. The summed E-state index contributed by atoms with van der Waals surface area (Å²) in [6.45, 7) is 3.34. The smallest absolute Gasteiger partial charge is 0.243 e. The summed E-state index contributed by atoms with van der Waals surface area (Å²) in [5.41, 5.74) is 0.970. The summed E-state index contributed by atoms with van der Waals surface area (Å²) >= 11 is -0.637. The molecule has 0 aromatic heterocycles. The Morgan fingerprint density at radius 3 is 2.82 bits per heavy atom. The maximum absolute atomic E-state index is 12.8. The highest BCUT2D eigenvalue weighted by Crippen LogP contribution is 2.19. The molecule has 0 atom stereocenters. The van der Waals surface area contributed by atoms with Crippen molar-refractivity contribution in [1.82, 2.24) is 10.2 Å². The van der Waals surface area contributed by atoms with Crippen molar-refractivity contribution in [3.8, 4) is 0 Å². The zero-order chi connectivity index (χ0) is 15.8. The van der Waals surface area contributed by atoms with Gasteiger partial charge in [0.15, 0.2) is 0 Å². The monoisotopic (exact) mass is 326 g/mol. The Kier molecular flexibility index (Phi) is 7.15. The third-order valence-corrected chi connectivity index (χ3v) is 5.08. The molecule has 1 fully saturated rings. The van der Waals surface area contributed by atoms with Crippen molar-refractivity contribution in [2.45, 2.75) is 19.3 Å². The van der Waals surface area contributed by atoms with Crippen molar-refractivity contribution in [3.05, 3.63) is 35.7 Å². The molecule has 1 aliphatic heterocycles. The van der Waals surface area contributed by atoms with E-state index >= 15 is 0 Å². The van der Waals surface area contributed by atoms with Gasteiger partial charge in [-0.3, -0.25) is 9.69 Å². The molecule has 2 rings (SSSR count). The highest BCUT2D eigenvalue weighted by molar-refractivity contribution is 7.91. The van der Waals surface area contributed by atoms with Gasteiger partial charge in [0.2, 0.25) is 5.91 Å². The maximum atomic E-state index is 12.8. The van der Waals surface area contributed by atoms with Crippen LogP contribution in [0.1, 0.15) is 19.3 Å². The molecule has 1 heterocycles. The zero-order valence-electron chi connectivity index (χ0n) is 12.7. The van der Waals surface area contributed by atoms with Crippen molar-refractivity contribution in [1.29, 1.82) is 0 Å². The number of nitrogens with one attached hydrogen (secondary N) is 1. The van der Waals surface area contributed by atoms with Gasteiger partial charge in [-0.2, -0.15) is 0 Å². The highest BCUT2D eigenvalue weighted by atomic mass is 32.2. The first kappa shape index (κ1) is 17.2. The van der Waals surface area contributed by atoms with E-state index in [4.69, 9.17) is 0 Å². The van der Waals surface area contributed by atoms with Crippen LogP contribution in [0.15, 0.2) is 35.7 Å². The summed E-state index contributed by atoms with van der Waals surface area (Å²) in [5.74, 6) is 1.30. The van der Waals surface area contributed by atoms with Gasteiger partial charge < -0.3 is 9.87 Å². The van der Waals surface area contributed by atoms with Gasteiger partial charge in [0, 0.05) is 38.7 Å². The molecule has 1 aliphatic carbocycles. The molecule has 0 saturated carbocycles. The minimum Gasteiger partial charge on any atom is -0.616 e. The molecule has 0 radical (unpaired) electrons. The van der Waals surface area contributed by atoms with E-state index in [0.29, 0.717) is 19.4 Å². The largest absolute Gasteiger partial charge is 0.616 e. The van der Waals surface area contributed by atoms with Gasteiger partial charge >= 0.3 is 0 Å². The van der Waals surface area contributed by atoms with Gasteiger partial charge in [-0.05, 0) is 24.5 Å². The summed E-state index contributed by atoms with van der Waals surface area (Å²) in [5, 5.41) is 2.85. The van der Waals surface area contributed by atoms with Gasteiger partial charge in [0.05, 0.1) is 0 Å². The minimum absolute atomic E-state index is 0.108. The number of allylic oxidation sites excluding steroid dienone is 5. The first-order chi connectivity index (χ1) is 10.6. The Bertz CT molecular complexity index is 469. The molecule has 4 nitrogen and oxygen atoms in total. The van der Waals surface area contributed by atoms with Crippen LogP contribution in [-0.4, -0.2) is 53.0 Å². The lowest BCUT2D eigenvalue weighted by atomic mass is 10.0. The Hall–Kier alpha value is -1.11. The van der Waals surface area contributed by atoms with Gasteiger partial charge in [0.25, 0.3) is 0 Å². The van der Waals surface area contributed by atoms with Gasteiger partial charge in [-0.15, -0.1) is 0 Å². The minimum atomic E-state index is -0.637. The lowest BCUT2D eigenvalue weighted by Gasteiger charge is -2.27. The van der Waals surface area contributed by atoms with E-state index in [0.717, 1.165) is 43.1 Å². The summed E-state index contributed by atoms with van der Waals surface area (Å²) in [6, 6.07) is 0. The summed E-state index contributed by atoms with van der Waals surface area (Å²) in [7, 11) is 0. The van der Waals surface area contributed by atoms with Crippen molar-refractivity contribution >= 4 is 17.1 Å². The second-order valence-corrected chi connectivity index (χ2v) is 7.22. The number of carbonyl (C=O) groups excluding carboxylic acids is 1. The molecule has 0 aromatic carbocycles. The molecule has 1 N–H and O–H groups in total. The third kappa shape index (κ3) is 6.34. The SMILES string of the molecule is O=C(/C=C/C1=CC=C(F)CC1)NCCCN1CC[S+]([O-])CC1. The first-order valence-corrected chi connectivity index (χ1v) is 9.21. The second kappa shape index (κ2) is 9.12. The Balaban J connectivity index is 1.58. The maximum Gasteiger partial charge on any atom is 0.243 e. The fourth-order valence-corrected chi connectivity index (χ4v) is 3.55. The molecule has 2 aliphatic rings. The van der Waals surface area contributed by atoms with Crippen molar-refractivity contribution < 1.29 is 13.7 Å². The van der Waals surface area contributed by atoms with E-state index in [1.807, 2.05) is 0 Å². The van der Waals surface area contributed by atoms with E-state index in [-0.39, 0.29) is 11.7 Å². The molecule has 22 heavy (non-hydrogen) atoms. The molecule has 0 aromatic rings. The van der Waals surface area contributed by atoms with Crippen molar-refractivity contribution in [2.24, 2.45) is 0 Å². The number of nitrogens with zero attached hydrogens (tertiary/aromatic N) is 1. The van der Waals surface area contributed by atoms with Gasteiger partial charge in [-0.1, -0.05) is 23.3 Å². The van der Waals surface area contributed by atoms with Crippen LogP contribution in [0, 0.1) is 0 Å². The molecule has 0 unspecified atom stereocenters. The second-order valence-electron chi connectivity index (χ2n) is 5.52. The number of halogens is 1. The van der Waals surface area contributed by atoms with E-state index in [1.54, 1.807) is 12.2 Å². The van der Waals surface area contributed by atoms with Gasteiger partial charge in [-0.25, -0.2) is 4.39 Å². The fraction of sp³-hybridized carbons (Fsp3) is 0.562. The lowest BCUT2D eigenvalue weighted by molar-refractivity contribution is -0.116. The average Bonchev–Trinajstić information content (AvgIpc) is 2.53. The highest BCUT2D eigenvalue weighted by Gasteiger charge is 2.18. The summed E-state index contributed by atoms with van der Waals surface area (Å²) in [6.07, 6.45) is 8.37. The number of carbonyl (C=O) groups is 1. The molecule has 0 bridgehead atoms. The average molecular weight is 326 g/mol. The van der Waals surface area contributed by atoms with Crippen LogP contribution in [0.5, 0.6) is 0 Å². The third-order valence-electron chi connectivity index (χ3n) is 3.80.